The van der Waals surface area contributed by atoms with Gasteiger partial charge in [-0.1, -0.05) is 28.1 Å². The van der Waals surface area contributed by atoms with E-state index in [0.717, 1.165) is 4.47 Å². The highest BCUT2D eigenvalue weighted by Crippen LogP contribution is 2.12. The second-order valence-corrected chi connectivity index (χ2v) is 6.18. The first kappa shape index (κ1) is 15.7. The van der Waals surface area contributed by atoms with Crippen LogP contribution in [0.3, 0.4) is 0 Å². The molecular formula is C14H18BrNO3. The first-order valence-electron chi connectivity index (χ1n) is 5.92. The van der Waals surface area contributed by atoms with Crippen molar-refractivity contribution >= 4 is 27.8 Å². The fourth-order valence-electron chi connectivity index (χ4n) is 1.35. The van der Waals surface area contributed by atoms with E-state index in [2.05, 4.69) is 15.9 Å². The van der Waals surface area contributed by atoms with Crippen molar-refractivity contribution in [2.75, 3.05) is 13.6 Å². The number of carbonyl (C=O) groups is 2. The summed E-state index contributed by atoms with van der Waals surface area (Å²) in [6, 6.07) is 7.02. The zero-order valence-corrected chi connectivity index (χ0v) is 13.2. The van der Waals surface area contributed by atoms with Crippen LogP contribution < -0.4 is 0 Å². The number of rotatable bonds is 3. The van der Waals surface area contributed by atoms with Crippen LogP contribution in [0.5, 0.6) is 0 Å². The van der Waals surface area contributed by atoms with Gasteiger partial charge in [0, 0.05) is 17.1 Å². The van der Waals surface area contributed by atoms with Crippen LogP contribution >= 0.6 is 15.9 Å². The minimum Gasteiger partial charge on any atom is -0.444 e. The van der Waals surface area contributed by atoms with Gasteiger partial charge in [-0.25, -0.2) is 4.79 Å². The number of ketones is 1. The molecule has 0 heterocycles. The minimum atomic E-state index is -0.563. The highest BCUT2D eigenvalue weighted by atomic mass is 79.9. The quantitative estimate of drug-likeness (QED) is 0.798. The van der Waals surface area contributed by atoms with Gasteiger partial charge in [-0.2, -0.15) is 0 Å². The van der Waals surface area contributed by atoms with E-state index in [-0.39, 0.29) is 12.3 Å². The molecule has 0 N–H and O–H groups in total. The lowest BCUT2D eigenvalue weighted by atomic mass is 10.1. The number of hydrogen-bond acceptors (Lipinski definition) is 3. The Hall–Kier alpha value is -1.36. The van der Waals surface area contributed by atoms with Gasteiger partial charge in [0.15, 0.2) is 5.78 Å². The van der Waals surface area contributed by atoms with Crippen LogP contribution in [-0.2, 0) is 4.74 Å². The lowest BCUT2D eigenvalue weighted by Gasteiger charge is -2.24. The van der Waals surface area contributed by atoms with E-state index in [4.69, 9.17) is 4.74 Å². The fourth-order valence-corrected chi connectivity index (χ4v) is 1.61. The molecule has 104 valence electrons. The van der Waals surface area contributed by atoms with E-state index in [1.807, 2.05) is 0 Å². The van der Waals surface area contributed by atoms with Crippen molar-refractivity contribution in [2.45, 2.75) is 26.4 Å². The molecule has 0 bridgehead atoms. The zero-order chi connectivity index (χ0) is 14.6. The molecule has 1 rings (SSSR count). The van der Waals surface area contributed by atoms with Crippen molar-refractivity contribution in [3.63, 3.8) is 0 Å². The largest absolute Gasteiger partial charge is 0.444 e. The molecule has 0 saturated heterocycles. The van der Waals surface area contributed by atoms with E-state index in [1.165, 1.54) is 4.90 Å². The molecule has 1 aromatic rings. The van der Waals surface area contributed by atoms with Crippen LogP contribution in [0.1, 0.15) is 31.1 Å². The Labute approximate surface area is 121 Å². The maximum absolute atomic E-state index is 12.0. The molecule has 0 aliphatic rings. The number of benzene rings is 1. The van der Waals surface area contributed by atoms with Gasteiger partial charge in [-0.3, -0.25) is 4.79 Å². The van der Waals surface area contributed by atoms with Crippen LogP contribution in [0.4, 0.5) is 4.79 Å². The van der Waals surface area contributed by atoms with Crippen molar-refractivity contribution in [3.05, 3.63) is 34.3 Å². The number of amides is 1. The molecule has 1 amide bonds. The Morgan fingerprint density at radius 3 is 2.21 bits per heavy atom. The van der Waals surface area contributed by atoms with Crippen molar-refractivity contribution < 1.29 is 14.3 Å². The molecule has 0 fully saturated rings. The van der Waals surface area contributed by atoms with E-state index in [9.17, 15) is 9.59 Å². The summed E-state index contributed by atoms with van der Waals surface area (Å²) in [7, 11) is 1.55. The van der Waals surface area contributed by atoms with Crippen LogP contribution in [0.2, 0.25) is 0 Å². The van der Waals surface area contributed by atoms with Crippen molar-refractivity contribution in [3.8, 4) is 0 Å². The van der Waals surface area contributed by atoms with Crippen LogP contribution in [0.15, 0.2) is 28.7 Å². The molecule has 4 nitrogen and oxygen atoms in total. The first-order valence-corrected chi connectivity index (χ1v) is 6.71. The predicted octanol–water partition coefficient (Wildman–Crippen LogP) is 3.50. The number of Topliss-reactive ketones (excluding diaryl/α,β-unsaturated/α-hetero) is 1. The highest BCUT2D eigenvalue weighted by Gasteiger charge is 2.21. The number of hydrogen-bond donors (Lipinski definition) is 0. The smallest absolute Gasteiger partial charge is 0.410 e. The van der Waals surface area contributed by atoms with Gasteiger partial charge in [-0.05, 0) is 32.9 Å². The highest BCUT2D eigenvalue weighted by molar-refractivity contribution is 9.10. The van der Waals surface area contributed by atoms with Gasteiger partial charge < -0.3 is 9.64 Å². The third-order valence-corrected chi connectivity index (χ3v) is 2.78. The summed E-state index contributed by atoms with van der Waals surface area (Å²) in [6.07, 6.45) is -0.502. The molecule has 0 atom stereocenters. The summed E-state index contributed by atoms with van der Waals surface area (Å²) < 4.78 is 6.09. The number of likely N-dealkylation sites (N-methyl/N-ethyl adjacent to an activating group) is 1. The van der Waals surface area contributed by atoms with Gasteiger partial charge in [-0.15, -0.1) is 0 Å². The summed E-state index contributed by atoms with van der Waals surface area (Å²) in [5.41, 5.74) is 0.00467. The third-order valence-electron chi connectivity index (χ3n) is 2.25. The number of nitrogens with zero attached hydrogens (tertiary/aromatic N) is 1. The Balaban J connectivity index is 2.61. The molecule has 0 aliphatic heterocycles. The van der Waals surface area contributed by atoms with Gasteiger partial charge >= 0.3 is 6.09 Å². The minimum absolute atomic E-state index is 0.00343. The molecule has 0 spiro atoms. The van der Waals surface area contributed by atoms with Crippen molar-refractivity contribution in [2.24, 2.45) is 0 Å². The van der Waals surface area contributed by atoms with Crippen molar-refractivity contribution in [1.82, 2.24) is 4.90 Å². The standard InChI is InChI=1S/C14H18BrNO3/c1-14(2,3)19-13(18)16(4)9-12(17)10-5-7-11(15)8-6-10/h5-8H,9H2,1-4H3. The lowest BCUT2D eigenvalue weighted by Crippen LogP contribution is -2.37. The molecule has 0 radical (unpaired) electrons. The molecule has 0 saturated carbocycles. The van der Waals surface area contributed by atoms with Gasteiger partial charge in [0.1, 0.15) is 5.60 Å². The molecule has 5 heteroatoms. The SMILES string of the molecule is CN(CC(=O)c1ccc(Br)cc1)C(=O)OC(C)(C)C. The van der Waals surface area contributed by atoms with Gasteiger partial charge in [0.2, 0.25) is 0 Å². The molecule has 0 unspecified atom stereocenters. The summed E-state index contributed by atoms with van der Waals surface area (Å²) in [4.78, 5) is 25.0. The number of ether oxygens (including phenoxy) is 1. The average Bonchev–Trinajstić information content (AvgIpc) is 2.27. The Morgan fingerprint density at radius 2 is 1.74 bits per heavy atom. The van der Waals surface area contributed by atoms with E-state index in [0.29, 0.717) is 5.56 Å². The summed E-state index contributed by atoms with van der Waals surface area (Å²) >= 11 is 3.31. The Bertz CT molecular complexity index is 463. The second-order valence-electron chi connectivity index (χ2n) is 5.27. The maximum atomic E-state index is 12.0. The Morgan fingerprint density at radius 1 is 1.21 bits per heavy atom. The average molecular weight is 328 g/mol. The van der Waals surface area contributed by atoms with Crippen LogP contribution in [0, 0.1) is 0 Å². The van der Waals surface area contributed by atoms with Crippen LogP contribution in [-0.4, -0.2) is 36.0 Å². The topological polar surface area (TPSA) is 46.6 Å². The van der Waals surface area contributed by atoms with E-state index < -0.39 is 11.7 Å². The first-order chi connectivity index (χ1) is 8.69. The monoisotopic (exact) mass is 327 g/mol. The second kappa shape index (κ2) is 6.19. The van der Waals surface area contributed by atoms with Gasteiger partial charge in [0.05, 0.1) is 6.54 Å². The van der Waals surface area contributed by atoms with Crippen LogP contribution in [0.25, 0.3) is 0 Å². The van der Waals surface area contributed by atoms with E-state index >= 15 is 0 Å². The van der Waals surface area contributed by atoms with Crippen molar-refractivity contribution in [1.29, 1.82) is 0 Å². The number of halogens is 1. The van der Waals surface area contributed by atoms with Gasteiger partial charge in [0.25, 0.3) is 0 Å². The molecule has 19 heavy (non-hydrogen) atoms. The maximum Gasteiger partial charge on any atom is 0.410 e. The predicted molar refractivity (Wildman–Crippen MR) is 77.3 cm³/mol. The summed E-state index contributed by atoms with van der Waals surface area (Å²) in [5.74, 6) is -0.124. The lowest BCUT2D eigenvalue weighted by molar-refractivity contribution is 0.0295. The fraction of sp³-hybridized carbons (Fsp3) is 0.429. The summed E-state index contributed by atoms with van der Waals surface area (Å²) in [5, 5.41) is 0. The van der Waals surface area contributed by atoms with E-state index in [1.54, 1.807) is 52.1 Å². The zero-order valence-electron chi connectivity index (χ0n) is 11.6. The summed E-state index contributed by atoms with van der Waals surface area (Å²) in [6.45, 7) is 5.36. The Kier molecular flexibility index (Phi) is 5.11. The molecular weight excluding hydrogens is 310 g/mol. The molecule has 0 aliphatic carbocycles. The normalized spacial score (nSPS) is 11.0. The number of carbonyl (C=O) groups excluding carboxylic acids is 2. The third kappa shape index (κ3) is 5.42. The molecule has 1 aromatic carbocycles. The molecule has 0 aromatic heterocycles.